The van der Waals surface area contributed by atoms with Crippen molar-refractivity contribution in [1.82, 2.24) is 4.90 Å². The maximum absolute atomic E-state index is 16.1. The molecular weight excluding hydrogens is 680 g/mol. The summed E-state index contributed by atoms with van der Waals surface area (Å²) >= 11 is 0. The van der Waals surface area contributed by atoms with Crippen molar-refractivity contribution in [2.24, 2.45) is 0 Å². The van der Waals surface area contributed by atoms with Crippen LogP contribution >= 0.6 is 0 Å². The van der Waals surface area contributed by atoms with E-state index in [1.54, 1.807) is 20.8 Å². The first kappa shape index (κ1) is 39.7. The molecule has 2 saturated heterocycles. The smallest absolute Gasteiger partial charge is 0.412 e. The highest BCUT2D eigenvalue weighted by atomic mass is 19.3. The Kier molecular flexibility index (Phi) is 13.0. The number of rotatable bonds is 14. The van der Waals surface area contributed by atoms with Crippen LogP contribution < -0.4 is 0 Å². The predicted octanol–water partition coefficient (Wildman–Crippen LogP) is 5.80. The number of aliphatic hydroxyl groups excluding tert-OH is 2. The summed E-state index contributed by atoms with van der Waals surface area (Å²) in [5.74, 6) is 0. The van der Waals surface area contributed by atoms with Gasteiger partial charge in [-0.2, -0.15) is 8.78 Å². The largest absolute Gasteiger partial charge is 0.444 e. The van der Waals surface area contributed by atoms with Crippen LogP contribution in [0.2, 0.25) is 0 Å². The van der Waals surface area contributed by atoms with E-state index in [9.17, 15) is 15.0 Å². The SMILES string of the molecule is CC(C)(C)OC(=O)N1[C@H](C(O)C(F)(F)O[C@H]2O[C@H](COCc3ccccc3)[C@H](OCc3ccccc3)[C@H](OCc3ccccc3)[C@H]2O)COC1(C)C. The number of carbonyl (C=O) groups excluding carboxylic acids is 1. The molecule has 0 aliphatic carbocycles. The van der Waals surface area contributed by atoms with Crippen LogP contribution in [-0.4, -0.2) is 94.7 Å². The number of hydrogen-bond acceptors (Lipinski definition) is 10. The molecule has 3 aromatic carbocycles. The molecule has 0 spiro atoms. The molecule has 52 heavy (non-hydrogen) atoms. The van der Waals surface area contributed by atoms with Crippen LogP contribution in [0.1, 0.15) is 51.3 Å². The second-order valence-corrected chi connectivity index (χ2v) is 14.4. The van der Waals surface area contributed by atoms with Crippen molar-refractivity contribution in [2.75, 3.05) is 13.2 Å². The lowest BCUT2D eigenvalue weighted by Crippen LogP contribution is -2.64. The van der Waals surface area contributed by atoms with Crippen LogP contribution in [0.25, 0.3) is 0 Å². The van der Waals surface area contributed by atoms with E-state index in [1.165, 1.54) is 13.8 Å². The molecule has 1 unspecified atom stereocenters. The van der Waals surface area contributed by atoms with Gasteiger partial charge in [0.05, 0.1) is 39.1 Å². The van der Waals surface area contributed by atoms with Crippen molar-refractivity contribution in [3.05, 3.63) is 108 Å². The van der Waals surface area contributed by atoms with Crippen molar-refractivity contribution < 1.29 is 56.9 Å². The fraction of sp³-hybridized carbons (Fsp3) is 0.513. The zero-order valence-electron chi connectivity index (χ0n) is 30.1. The van der Waals surface area contributed by atoms with E-state index in [-0.39, 0.29) is 26.4 Å². The van der Waals surface area contributed by atoms with Gasteiger partial charge in [-0.15, -0.1) is 0 Å². The lowest BCUT2D eigenvalue weighted by molar-refractivity contribution is -0.402. The topological polar surface area (TPSA) is 125 Å². The molecule has 2 N–H and O–H groups in total. The lowest BCUT2D eigenvalue weighted by atomic mass is 9.98. The maximum Gasteiger partial charge on any atom is 0.412 e. The van der Waals surface area contributed by atoms with Crippen molar-refractivity contribution in [2.45, 2.75) is 115 Å². The number of alkyl halides is 2. The zero-order chi connectivity index (χ0) is 37.5. The lowest BCUT2D eigenvalue weighted by Gasteiger charge is -2.45. The Morgan fingerprint density at radius 2 is 1.37 bits per heavy atom. The molecular formula is C39H49F2NO10. The normalized spacial score (nSPS) is 25.5. The van der Waals surface area contributed by atoms with E-state index in [1.807, 2.05) is 91.0 Å². The van der Waals surface area contributed by atoms with Crippen molar-refractivity contribution in [3.63, 3.8) is 0 Å². The predicted molar refractivity (Wildman–Crippen MR) is 185 cm³/mol. The van der Waals surface area contributed by atoms with Crippen molar-refractivity contribution >= 4 is 6.09 Å². The standard InChI is InChI=1S/C39H49F2NO10/c1-37(2,3)52-36(45)42-29(24-49-38(42,4)5)34(44)39(40,41)51-35-31(43)33(48-23-28-19-13-8-14-20-28)32(47-22-27-17-11-7-12-18-27)30(50-35)25-46-21-26-15-9-6-10-16-26/h6-20,29-35,43-44H,21-25H2,1-5H3/t29-,30+,31+,32-,33+,34?,35+/m0/s1. The third-order valence-corrected chi connectivity index (χ3v) is 8.67. The van der Waals surface area contributed by atoms with Gasteiger partial charge in [-0.1, -0.05) is 91.0 Å². The number of nitrogens with zero attached hydrogens (tertiary/aromatic N) is 1. The van der Waals surface area contributed by atoms with E-state index in [0.29, 0.717) is 0 Å². The Hall–Kier alpha value is -3.53. The summed E-state index contributed by atoms with van der Waals surface area (Å²) < 4.78 is 73.0. The molecule has 3 aromatic rings. The van der Waals surface area contributed by atoms with Crippen LogP contribution in [0.4, 0.5) is 13.6 Å². The average Bonchev–Trinajstić information content (AvgIpc) is 3.43. The summed E-state index contributed by atoms with van der Waals surface area (Å²) in [6.07, 6.45) is -15.1. The molecule has 284 valence electrons. The number of aliphatic hydroxyl groups is 2. The van der Waals surface area contributed by atoms with E-state index >= 15 is 8.78 Å². The molecule has 1 amide bonds. The minimum Gasteiger partial charge on any atom is -0.444 e. The Morgan fingerprint density at radius 1 is 0.865 bits per heavy atom. The number of amides is 1. The van der Waals surface area contributed by atoms with Crippen LogP contribution in [0, 0.1) is 0 Å². The van der Waals surface area contributed by atoms with E-state index in [0.717, 1.165) is 21.6 Å². The summed E-state index contributed by atoms with van der Waals surface area (Å²) in [6, 6.07) is 26.2. The molecule has 2 aliphatic rings. The molecule has 5 rings (SSSR count). The first-order valence-corrected chi connectivity index (χ1v) is 17.3. The number of benzene rings is 3. The third-order valence-electron chi connectivity index (χ3n) is 8.67. The highest BCUT2D eigenvalue weighted by Gasteiger charge is 2.58. The molecule has 13 heteroatoms. The first-order valence-electron chi connectivity index (χ1n) is 17.3. The highest BCUT2D eigenvalue weighted by molar-refractivity contribution is 5.70. The quantitative estimate of drug-likeness (QED) is 0.210. The van der Waals surface area contributed by atoms with Gasteiger partial charge >= 0.3 is 12.2 Å². The van der Waals surface area contributed by atoms with Gasteiger partial charge in [0, 0.05) is 0 Å². The Balaban J connectivity index is 1.40. The Bertz CT molecular complexity index is 1540. The average molecular weight is 730 g/mol. The molecule has 2 aliphatic heterocycles. The van der Waals surface area contributed by atoms with Crippen LogP contribution in [-0.2, 0) is 53.0 Å². The third kappa shape index (κ3) is 10.3. The molecule has 0 bridgehead atoms. The second-order valence-electron chi connectivity index (χ2n) is 14.4. The minimum atomic E-state index is -4.36. The van der Waals surface area contributed by atoms with Gasteiger partial charge in [-0.25, -0.2) is 4.79 Å². The Labute approximate surface area is 303 Å². The zero-order valence-corrected chi connectivity index (χ0v) is 30.1. The van der Waals surface area contributed by atoms with Crippen molar-refractivity contribution in [3.8, 4) is 0 Å². The number of halogens is 2. The van der Waals surface area contributed by atoms with Crippen LogP contribution in [0.15, 0.2) is 91.0 Å². The van der Waals surface area contributed by atoms with E-state index < -0.39 is 73.0 Å². The van der Waals surface area contributed by atoms with Gasteiger partial charge in [0.15, 0.2) is 12.4 Å². The van der Waals surface area contributed by atoms with Crippen molar-refractivity contribution in [1.29, 1.82) is 0 Å². The molecule has 2 fully saturated rings. The molecule has 0 saturated carbocycles. The summed E-state index contributed by atoms with van der Waals surface area (Å²) in [7, 11) is 0. The van der Waals surface area contributed by atoms with E-state index in [2.05, 4.69) is 0 Å². The molecule has 2 heterocycles. The molecule has 0 aromatic heterocycles. The van der Waals surface area contributed by atoms with Gasteiger partial charge in [0.1, 0.15) is 35.7 Å². The minimum absolute atomic E-state index is 0.0104. The highest BCUT2D eigenvalue weighted by Crippen LogP contribution is 2.38. The fourth-order valence-corrected chi connectivity index (χ4v) is 6.10. The number of ether oxygens (including phenoxy) is 7. The van der Waals surface area contributed by atoms with Crippen LogP contribution in [0.3, 0.4) is 0 Å². The molecule has 0 radical (unpaired) electrons. The Morgan fingerprint density at radius 3 is 1.88 bits per heavy atom. The summed E-state index contributed by atoms with van der Waals surface area (Å²) in [4.78, 5) is 14.1. The molecule has 7 atom stereocenters. The number of hydrogen-bond donors (Lipinski definition) is 2. The van der Waals surface area contributed by atoms with Gasteiger partial charge in [-0.05, 0) is 51.3 Å². The van der Waals surface area contributed by atoms with Gasteiger partial charge in [-0.3, -0.25) is 9.64 Å². The molecule has 11 nitrogen and oxygen atoms in total. The van der Waals surface area contributed by atoms with Crippen LogP contribution in [0.5, 0.6) is 0 Å². The summed E-state index contributed by atoms with van der Waals surface area (Å²) in [5.41, 5.74) is 0.133. The maximum atomic E-state index is 16.1. The van der Waals surface area contributed by atoms with Gasteiger partial charge < -0.3 is 38.6 Å². The fourth-order valence-electron chi connectivity index (χ4n) is 6.10. The second kappa shape index (κ2) is 17.1. The van der Waals surface area contributed by atoms with Gasteiger partial charge in [0.25, 0.3) is 0 Å². The van der Waals surface area contributed by atoms with E-state index in [4.69, 9.17) is 33.2 Å². The first-order chi connectivity index (χ1) is 24.6. The number of carbonyl (C=O) groups is 1. The summed E-state index contributed by atoms with van der Waals surface area (Å²) in [6.45, 7) is 7.61. The monoisotopic (exact) mass is 729 g/mol. The van der Waals surface area contributed by atoms with Gasteiger partial charge in [0.2, 0.25) is 0 Å². The summed E-state index contributed by atoms with van der Waals surface area (Å²) in [5, 5.41) is 22.8.